The van der Waals surface area contributed by atoms with Crippen molar-refractivity contribution in [3.8, 4) is 0 Å². The Morgan fingerprint density at radius 3 is 2.24 bits per heavy atom. The van der Waals surface area contributed by atoms with Crippen molar-refractivity contribution in [3.63, 3.8) is 0 Å². The highest BCUT2D eigenvalue weighted by Crippen LogP contribution is 2.35. The second-order valence-corrected chi connectivity index (χ2v) is 8.33. The van der Waals surface area contributed by atoms with Crippen LogP contribution in [0.4, 0.5) is 11.4 Å². The molecule has 1 N–H and O–H groups in total. The number of carbonyl (C=O) groups excluding carboxylic acids is 2. The van der Waals surface area contributed by atoms with E-state index >= 15 is 0 Å². The maximum absolute atomic E-state index is 13.8. The second-order valence-electron chi connectivity index (χ2n) is 7.45. The molecule has 0 aliphatic rings. The van der Waals surface area contributed by atoms with Gasteiger partial charge in [0.1, 0.15) is 6.04 Å². The number of benzene rings is 3. The number of hydrogen-bond donors (Lipinski definition) is 1. The van der Waals surface area contributed by atoms with Crippen molar-refractivity contribution >= 4 is 46.4 Å². The summed E-state index contributed by atoms with van der Waals surface area (Å²) in [5.74, 6) is -0.823. The molecule has 0 saturated heterocycles. The Morgan fingerprint density at radius 1 is 1.00 bits per heavy atom. The van der Waals surface area contributed by atoms with Crippen LogP contribution in [0.3, 0.4) is 0 Å². The molecule has 0 bridgehead atoms. The van der Waals surface area contributed by atoms with Crippen molar-refractivity contribution in [1.82, 2.24) is 5.32 Å². The highest BCUT2D eigenvalue weighted by Gasteiger charge is 2.34. The number of nitrogens with one attached hydrogen (secondary N) is 1. The van der Waals surface area contributed by atoms with Gasteiger partial charge in [-0.2, -0.15) is 0 Å². The molecule has 0 aliphatic carbocycles. The van der Waals surface area contributed by atoms with Gasteiger partial charge < -0.3 is 5.32 Å². The maximum atomic E-state index is 13.8. The van der Waals surface area contributed by atoms with Crippen LogP contribution in [0.1, 0.15) is 41.7 Å². The number of halogens is 2. The SMILES string of the molecule is CCCCNC(=O)C(c1ccccc1N=[N+]=[N-])N(C(=O)c1ccc(Cl)cc1)c1ccc(Cl)cc1. The van der Waals surface area contributed by atoms with E-state index in [1.54, 1.807) is 72.8 Å². The lowest BCUT2D eigenvalue weighted by molar-refractivity contribution is -0.122. The van der Waals surface area contributed by atoms with Crippen molar-refractivity contribution in [3.05, 3.63) is 104 Å². The van der Waals surface area contributed by atoms with Gasteiger partial charge >= 0.3 is 0 Å². The lowest BCUT2D eigenvalue weighted by Crippen LogP contribution is -2.44. The van der Waals surface area contributed by atoms with Crippen LogP contribution < -0.4 is 10.2 Å². The largest absolute Gasteiger partial charge is 0.354 e. The van der Waals surface area contributed by atoms with Crippen LogP contribution in [0.5, 0.6) is 0 Å². The Bertz CT molecular complexity index is 1190. The minimum atomic E-state index is -1.11. The molecule has 0 heterocycles. The molecule has 3 rings (SSSR count). The van der Waals surface area contributed by atoms with E-state index in [9.17, 15) is 9.59 Å². The molecule has 174 valence electrons. The molecule has 9 heteroatoms. The monoisotopic (exact) mass is 495 g/mol. The van der Waals surface area contributed by atoms with Gasteiger partial charge in [-0.25, -0.2) is 0 Å². The van der Waals surface area contributed by atoms with Crippen LogP contribution in [-0.4, -0.2) is 18.4 Å². The maximum Gasteiger partial charge on any atom is 0.259 e. The van der Waals surface area contributed by atoms with Gasteiger partial charge in [-0.15, -0.1) is 0 Å². The molecule has 0 aromatic heterocycles. The molecular formula is C25H23Cl2N5O2. The number of azide groups is 1. The summed E-state index contributed by atoms with van der Waals surface area (Å²) in [4.78, 5) is 31.7. The van der Waals surface area contributed by atoms with E-state index in [0.717, 1.165) is 12.8 Å². The molecule has 0 radical (unpaired) electrons. The molecular weight excluding hydrogens is 473 g/mol. The smallest absolute Gasteiger partial charge is 0.259 e. The van der Waals surface area contributed by atoms with E-state index in [2.05, 4.69) is 15.3 Å². The number of nitrogens with zero attached hydrogens (tertiary/aromatic N) is 4. The molecule has 34 heavy (non-hydrogen) atoms. The van der Waals surface area contributed by atoms with Gasteiger partial charge in [0.05, 0.1) is 0 Å². The lowest BCUT2D eigenvalue weighted by atomic mass is 9.99. The van der Waals surface area contributed by atoms with Gasteiger partial charge in [0, 0.05) is 38.4 Å². The molecule has 0 spiro atoms. The van der Waals surface area contributed by atoms with Gasteiger partial charge in [-0.1, -0.05) is 65.9 Å². The van der Waals surface area contributed by atoms with Crippen molar-refractivity contribution in [1.29, 1.82) is 0 Å². The van der Waals surface area contributed by atoms with Gasteiger partial charge in [0.25, 0.3) is 5.91 Å². The molecule has 2 amide bonds. The summed E-state index contributed by atoms with van der Waals surface area (Å²) >= 11 is 12.1. The Morgan fingerprint density at radius 2 is 1.62 bits per heavy atom. The predicted octanol–water partition coefficient (Wildman–Crippen LogP) is 7.24. The van der Waals surface area contributed by atoms with Crippen molar-refractivity contribution in [2.45, 2.75) is 25.8 Å². The molecule has 0 saturated carbocycles. The summed E-state index contributed by atoms with van der Waals surface area (Å²) in [6.45, 7) is 2.46. The summed E-state index contributed by atoms with van der Waals surface area (Å²) in [5.41, 5.74) is 10.5. The van der Waals surface area contributed by atoms with Gasteiger partial charge in [0.15, 0.2) is 0 Å². The van der Waals surface area contributed by atoms with E-state index in [-0.39, 0.29) is 5.69 Å². The van der Waals surface area contributed by atoms with Crippen LogP contribution in [0.25, 0.3) is 10.4 Å². The van der Waals surface area contributed by atoms with Crippen molar-refractivity contribution < 1.29 is 9.59 Å². The summed E-state index contributed by atoms with van der Waals surface area (Å²) < 4.78 is 0. The number of rotatable bonds is 9. The van der Waals surface area contributed by atoms with E-state index in [4.69, 9.17) is 28.7 Å². The zero-order valence-corrected chi connectivity index (χ0v) is 20.0. The normalized spacial score (nSPS) is 11.3. The number of anilines is 1. The van der Waals surface area contributed by atoms with Crippen LogP contribution in [-0.2, 0) is 4.79 Å². The van der Waals surface area contributed by atoms with E-state index in [0.29, 0.717) is 33.4 Å². The summed E-state index contributed by atoms with van der Waals surface area (Å²) in [5, 5.41) is 7.65. The fraction of sp³-hybridized carbons (Fsp3) is 0.200. The Labute approximate surface area is 207 Å². The average Bonchev–Trinajstić information content (AvgIpc) is 2.84. The first-order chi connectivity index (χ1) is 16.5. The highest BCUT2D eigenvalue weighted by atomic mass is 35.5. The number of amides is 2. The van der Waals surface area contributed by atoms with Crippen LogP contribution in [0.15, 0.2) is 77.9 Å². The first-order valence-corrected chi connectivity index (χ1v) is 11.5. The summed E-state index contributed by atoms with van der Waals surface area (Å²) in [6.07, 6.45) is 1.67. The number of carbonyl (C=O) groups is 2. The molecule has 3 aromatic carbocycles. The number of unbranched alkanes of at least 4 members (excludes halogenated alkanes) is 1. The third-order valence-electron chi connectivity index (χ3n) is 5.13. The predicted molar refractivity (Wildman–Crippen MR) is 136 cm³/mol. The van der Waals surface area contributed by atoms with Gasteiger partial charge in [-0.05, 0) is 66.0 Å². The fourth-order valence-corrected chi connectivity index (χ4v) is 3.71. The second kappa shape index (κ2) is 12.1. The Balaban J connectivity index is 2.21. The van der Waals surface area contributed by atoms with Crippen LogP contribution in [0, 0.1) is 0 Å². The first-order valence-electron chi connectivity index (χ1n) is 10.7. The minimum Gasteiger partial charge on any atom is -0.354 e. The zero-order chi connectivity index (χ0) is 24.5. The molecule has 3 aromatic rings. The number of hydrogen-bond acceptors (Lipinski definition) is 3. The van der Waals surface area contributed by atoms with Crippen molar-refractivity contribution in [2.24, 2.45) is 5.11 Å². The quantitative estimate of drug-likeness (QED) is 0.146. The van der Waals surface area contributed by atoms with E-state index in [1.165, 1.54) is 4.90 Å². The molecule has 1 atom stereocenters. The Hall–Kier alpha value is -3.51. The zero-order valence-electron chi connectivity index (χ0n) is 18.5. The average molecular weight is 496 g/mol. The molecule has 0 aliphatic heterocycles. The first kappa shape index (κ1) is 25.1. The standard InChI is InChI=1S/C25H23Cl2N5O2/c1-2-3-16-29-24(33)23(21-6-4-5-7-22(21)30-31-28)32(20-14-12-19(27)13-15-20)25(34)17-8-10-18(26)11-9-17/h4-15,23H,2-3,16H2,1H3,(H,29,33). The summed E-state index contributed by atoms with van der Waals surface area (Å²) in [6, 6.07) is 18.6. The third kappa shape index (κ3) is 6.08. The lowest BCUT2D eigenvalue weighted by Gasteiger charge is -2.32. The summed E-state index contributed by atoms with van der Waals surface area (Å²) in [7, 11) is 0. The van der Waals surface area contributed by atoms with Crippen LogP contribution >= 0.6 is 23.2 Å². The topological polar surface area (TPSA) is 98.2 Å². The van der Waals surface area contributed by atoms with Crippen molar-refractivity contribution in [2.75, 3.05) is 11.4 Å². The highest BCUT2D eigenvalue weighted by molar-refractivity contribution is 6.31. The van der Waals surface area contributed by atoms with E-state index in [1.807, 2.05) is 6.92 Å². The van der Waals surface area contributed by atoms with E-state index < -0.39 is 17.9 Å². The molecule has 1 unspecified atom stereocenters. The van der Waals surface area contributed by atoms with Gasteiger partial charge in [0.2, 0.25) is 5.91 Å². The van der Waals surface area contributed by atoms with Gasteiger partial charge in [-0.3, -0.25) is 14.5 Å². The minimum absolute atomic E-state index is 0.253. The molecule has 0 fully saturated rings. The van der Waals surface area contributed by atoms with Crippen LogP contribution in [0.2, 0.25) is 10.0 Å². The Kier molecular flexibility index (Phi) is 8.93. The fourth-order valence-electron chi connectivity index (χ4n) is 3.46. The third-order valence-corrected chi connectivity index (χ3v) is 5.64. The molecule has 7 nitrogen and oxygen atoms in total.